The normalized spacial score (nSPS) is 20.4. The van der Waals surface area contributed by atoms with Crippen LogP contribution in [0.15, 0.2) is 42.5 Å². The molecule has 0 aromatic heterocycles. The maximum absolute atomic E-state index is 13.1. The van der Waals surface area contributed by atoms with Crippen molar-refractivity contribution in [2.45, 2.75) is 50.4 Å². The molecule has 0 aliphatic carbocycles. The number of urea groups is 1. The maximum Gasteiger partial charge on any atom is 0.416 e. The Morgan fingerprint density at radius 3 is 2.45 bits per heavy atom. The minimum atomic E-state index is -4.49. The number of carbonyl (C=O) groups is 4. The lowest BCUT2D eigenvalue weighted by Gasteiger charge is -2.35. The maximum atomic E-state index is 13.1. The summed E-state index contributed by atoms with van der Waals surface area (Å²) >= 11 is 0. The Bertz CT molecular complexity index is 1300. The molecule has 2 fully saturated rings. The molecule has 5 rings (SSSR count). The van der Waals surface area contributed by atoms with E-state index in [1.54, 1.807) is 11.0 Å². The number of hydrogen-bond donors (Lipinski definition) is 1. The molecule has 3 aliphatic heterocycles. The molecular weight excluding hydrogens is 501 g/mol. The number of rotatable bonds is 3. The van der Waals surface area contributed by atoms with Crippen LogP contribution < -0.4 is 10.2 Å². The van der Waals surface area contributed by atoms with Crippen LogP contribution in [0.3, 0.4) is 0 Å². The van der Waals surface area contributed by atoms with Gasteiger partial charge < -0.3 is 9.80 Å². The predicted molar refractivity (Wildman–Crippen MR) is 131 cm³/mol. The Labute approximate surface area is 217 Å². The molecule has 0 radical (unpaired) electrons. The van der Waals surface area contributed by atoms with Crippen molar-refractivity contribution in [3.8, 4) is 0 Å². The molecule has 1 N–H and O–H groups in total. The first-order valence-electron chi connectivity index (χ1n) is 12.5. The van der Waals surface area contributed by atoms with E-state index in [9.17, 15) is 32.3 Å². The number of hydrogen-bond acceptors (Lipinski definition) is 4. The molecule has 0 bridgehead atoms. The molecule has 38 heavy (non-hydrogen) atoms. The third-order valence-corrected chi connectivity index (χ3v) is 7.63. The van der Waals surface area contributed by atoms with E-state index in [0.29, 0.717) is 44.5 Å². The van der Waals surface area contributed by atoms with Crippen LogP contribution in [0.5, 0.6) is 0 Å². The van der Waals surface area contributed by atoms with Gasteiger partial charge in [0, 0.05) is 44.4 Å². The number of likely N-dealkylation sites (tertiary alicyclic amines) is 1. The van der Waals surface area contributed by atoms with Crippen molar-refractivity contribution < 1.29 is 32.3 Å². The summed E-state index contributed by atoms with van der Waals surface area (Å²) in [5.74, 6) is -0.847. The van der Waals surface area contributed by atoms with Gasteiger partial charge in [0.25, 0.3) is 5.91 Å². The highest BCUT2D eigenvalue weighted by molar-refractivity contribution is 6.05. The summed E-state index contributed by atoms with van der Waals surface area (Å²) in [7, 11) is 1.47. The number of fused-ring (bicyclic) bond motifs is 1. The highest BCUT2D eigenvalue weighted by Crippen LogP contribution is 2.35. The molecule has 2 aromatic rings. The van der Waals surface area contributed by atoms with E-state index in [2.05, 4.69) is 5.32 Å². The summed E-state index contributed by atoms with van der Waals surface area (Å²) in [5, 5.41) is 2.30. The lowest BCUT2D eigenvalue weighted by atomic mass is 9.88. The van der Waals surface area contributed by atoms with Gasteiger partial charge in [-0.1, -0.05) is 18.2 Å². The third kappa shape index (κ3) is 4.84. The Kier molecular flexibility index (Phi) is 6.62. The first-order valence-corrected chi connectivity index (χ1v) is 12.5. The van der Waals surface area contributed by atoms with Crippen LogP contribution in [-0.2, 0) is 22.3 Å². The number of imide groups is 1. The molecule has 8 nitrogen and oxygen atoms in total. The van der Waals surface area contributed by atoms with Gasteiger partial charge in [-0.05, 0) is 60.6 Å². The Hall–Kier alpha value is -3.89. The average molecular weight is 529 g/mol. The minimum absolute atomic E-state index is 0.156. The lowest BCUT2D eigenvalue weighted by Crippen LogP contribution is -2.52. The van der Waals surface area contributed by atoms with Crippen molar-refractivity contribution in [3.05, 3.63) is 64.7 Å². The lowest BCUT2D eigenvalue weighted by molar-refractivity contribution is -0.138. The molecule has 1 atom stereocenters. The van der Waals surface area contributed by atoms with E-state index in [4.69, 9.17) is 0 Å². The number of carbonyl (C=O) groups excluding carboxylic acids is 4. The SMILES string of the molecule is CN(C(=O)N1CCC(c2ccc3c(c2)CN(C2CCC(=O)NC2=O)C3=O)CC1)c1cccc(C(F)(F)F)c1. The molecule has 3 heterocycles. The number of amides is 5. The van der Waals surface area contributed by atoms with Crippen molar-refractivity contribution >= 4 is 29.4 Å². The number of nitrogens with one attached hydrogen (secondary N) is 1. The van der Waals surface area contributed by atoms with E-state index in [1.807, 2.05) is 12.1 Å². The number of anilines is 1. The van der Waals surface area contributed by atoms with Crippen LogP contribution in [0, 0.1) is 0 Å². The van der Waals surface area contributed by atoms with E-state index in [0.717, 1.165) is 23.3 Å². The Morgan fingerprint density at radius 2 is 1.76 bits per heavy atom. The van der Waals surface area contributed by atoms with Crippen LogP contribution in [0.4, 0.5) is 23.7 Å². The monoisotopic (exact) mass is 528 g/mol. The van der Waals surface area contributed by atoms with Crippen LogP contribution in [0.25, 0.3) is 0 Å². The van der Waals surface area contributed by atoms with Crippen molar-refractivity contribution in [1.29, 1.82) is 0 Å². The van der Waals surface area contributed by atoms with Crippen molar-refractivity contribution in [3.63, 3.8) is 0 Å². The highest BCUT2D eigenvalue weighted by Gasteiger charge is 2.39. The second-order valence-electron chi connectivity index (χ2n) is 9.97. The summed E-state index contributed by atoms with van der Waals surface area (Å²) < 4.78 is 39.2. The standard InChI is InChI=1S/C27H27F3N4O4/c1-32(20-4-2-3-19(14-20)27(28,29)30)26(38)33-11-9-16(10-12-33)17-5-6-21-18(13-17)15-34(25(21)37)22-7-8-23(35)31-24(22)36/h2-6,13-14,16,22H,7-12,15H2,1H3,(H,31,35,36). The van der Waals surface area contributed by atoms with Gasteiger partial charge in [0.15, 0.2) is 0 Å². The summed E-state index contributed by atoms with van der Waals surface area (Å²) in [4.78, 5) is 54.1. The first-order chi connectivity index (χ1) is 18.0. The fourth-order valence-corrected chi connectivity index (χ4v) is 5.47. The van der Waals surface area contributed by atoms with Gasteiger partial charge in [0.05, 0.1) is 5.56 Å². The van der Waals surface area contributed by atoms with Gasteiger partial charge in [-0.25, -0.2) is 4.79 Å². The third-order valence-electron chi connectivity index (χ3n) is 7.63. The van der Waals surface area contributed by atoms with E-state index in [-0.39, 0.29) is 35.9 Å². The van der Waals surface area contributed by atoms with Crippen molar-refractivity contribution in [1.82, 2.24) is 15.1 Å². The molecule has 2 aromatic carbocycles. The molecule has 2 saturated heterocycles. The number of piperidine rings is 2. The molecule has 1 unspecified atom stereocenters. The molecule has 200 valence electrons. The van der Waals surface area contributed by atoms with Gasteiger partial charge in [0.1, 0.15) is 6.04 Å². The van der Waals surface area contributed by atoms with Gasteiger partial charge >= 0.3 is 12.2 Å². The molecule has 3 aliphatic rings. The second kappa shape index (κ2) is 9.77. The minimum Gasteiger partial charge on any atom is -0.324 e. The quantitative estimate of drug-likeness (QED) is 0.612. The number of halogens is 3. The summed E-state index contributed by atoms with van der Waals surface area (Å²) in [5.41, 5.74) is 1.80. The second-order valence-corrected chi connectivity index (χ2v) is 9.97. The average Bonchev–Trinajstić information content (AvgIpc) is 3.22. The van der Waals surface area contributed by atoms with Crippen LogP contribution >= 0.6 is 0 Å². The van der Waals surface area contributed by atoms with Crippen molar-refractivity contribution in [2.24, 2.45) is 0 Å². The molecule has 0 saturated carbocycles. The zero-order valence-corrected chi connectivity index (χ0v) is 20.8. The number of benzene rings is 2. The fraction of sp³-hybridized carbons (Fsp3) is 0.407. The summed E-state index contributed by atoms with van der Waals surface area (Å²) in [6, 6.07) is 9.34. The summed E-state index contributed by atoms with van der Waals surface area (Å²) in [6.45, 7) is 1.20. The van der Waals surface area contributed by atoms with Gasteiger partial charge in [0.2, 0.25) is 11.8 Å². The molecule has 11 heteroatoms. The van der Waals surface area contributed by atoms with Crippen LogP contribution in [0.1, 0.15) is 58.6 Å². The van der Waals surface area contributed by atoms with Crippen LogP contribution in [0.2, 0.25) is 0 Å². The van der Waals surface area contributed by atoms with Crippen LogP contribution in [-0.4, -0.2) is 59.7 Å². The largest absolute Gasteiger partial charge is 0.416 e. The zero-order valence-electron chi connectivity index (χ0n) is 20.8. The molecular formula is C27H27F3N4O4. The van der Waals surface area contributed by atoms with Gasteiger partial charge in [-0.2, -0.15) is 13.2 Å². The zero-order chi connectivity index (χ0) is 27.2. The Balaban J connectivity index is 1.22. The smallest absolute Gasteiger partial charge is 0.324 e. The number of alkyl halides is 3. The summed E-state index contributed by atoms with van der Waals surface area (Å²) in [6.07, 6.45) is -2.64. The molecule has 5 amide bonds. The topological polar surface area (TPSA) is 90.0 Å². The fourth-order valence-electron chi connectivity index (χ4n) is 5.47. The first kappa shape index (κ1) is 25.7. The van der Waals surface area contributed by atoms with E-state index in [1.165, 1.54) is 29.0 Å². The predicted octanol–water partition coefficient (Wildman–Crippen LogP) is 3.90. The highest BCUT2D eigenvalue weighted by atomic mass is 19.4. The van der Waals surface area contributed by atoms with Crippen molar-refractivity contribution in [2.75, 3.05) is 25.0 Å². The Morgan fingerprint density at radius 1 is 1.03 bits per heavy atom. The number of nitrogens with zero attached hydrogens (tertiary/aromatic N) is 3. The van der Waals surface area contributed by atoms with E-state index >= 15 is 0 Å². The van der Waals surface area contributed by atoms with Gasteiger partial charge in [-0.15, -0.1) is 0 Å². The van der Waals surface area contributed by atoms with Gasteiger partial charge in [-0.3, -0.25) is 24.6 Å². The van der Waals surface area contributed by atoms with E-state index < -0.39 is 23.7 Å². The molecule has 0 spiro atoms.